The third kappa shape index (κ3) is 5.53. The molecule has 25 heavy (non-hydrogen) atoms. The Morgan fingerprint density at radius 1 is 1.12 bits per heavy atom. The highest BCUT2D eigenvalue weighted by atomic mass is 32.1. The zero-order chi connectivity index (χ0) is 17.6. The molecule has 3 rings (SSSR count). The minimum absolute atomic E-state index is 0.0499. The van der Waals surface area contributed by atoms with E-state index < -0.39 is 0 Å². The van der Waals surface area contributed by atoms with Crippen molar-refractivity contribution in [1.29, 1.82) is 0 Å². The number of nitrogens with one attached hydrogen (secondary N) is 2. The van der Waals surface area contributed by atoms with Crippen LogP contribution >= 0.6 is 11.3 Å². The van der Waals surface area contributed by atoms with Crippen molar-refractivity contribution in [3.63, 3.8) is 0 Å². The van der Waals surface area contributed by atoms with Crippen LogP contribution in [0.5, 0.6) is 0 Å². The molecule has 1 heterocycles. The van der Waals surface area contributed by atoms with Crippen LogP contribution in [0.15, 0.2) is 6.20 Å². The molecule has 0 aromatic carbocycles. The number of hydrogen-bond acceptors (Lipinski definition) is 4. The lowest BCUT2D eigenvalue weighted by Gasteiger charge is -2.29. The van der Waals surface area contributed by atoms with Gasteiger partial charge in [0.25, 0.3) is 0 Å². The lowest BCUT2D eigenvalue weighted by molar-refractivity contribution is -0.123. The topological polar surface area (TPSA) is 71.1 Å². The highest BCUT2D eigenvalue weighted by Gasteiger charge is 2.28. The van der Waals surface area contributed by atoms with Crippen LogP contribution in [0, 0.1) is 18.8 Å². The molecule has 2 fully saturated rings. The summed E-state index contributed by atoms with van der Waals surface area (Å²) in [4.78, 5) is 28.8. The highest BCUT2D eigenvalue weighted by Crippen LogP contribution is 2.28. The van der Waals surface area contributed by atoms with E-state index in [0.29, 0.717) is 12.3 Å². The van der Waals surface area contributed by atoms with Gasteiger partial charge >= 0.3 is 0 Å². The predicted octanol–water partition coefficient (Wildman–Crippen LogP) is 4.04. The Bertz CT molecular complexity index is 587. The molecule has 138 valence electrons. The number of carbonyl (C=O) groups is 2. The van der Waals surface area contributed by atoms with Crippen LogP contribution in [0.1, 0.15) is 69.2 Å². The van der Waals surface area contributed by atoms with Crippen molar-refractivity contribution in [3.8, 4) is 0 Å². The molecule has 2 N–H and O–H groups in total. The summed E-state index contributed by atoms with van der Waals surface area (Å²) in [5, 5.41) is 7.95. The van der Waals surface area contributed by atoms with Crippen molar-refractivity contribution >= 4 is 28.2 Å². The number of rotatable bonds is 5. The first-order chi connectivity index (χ1) is 12.1. The molecule has 0 radical (unpaired) electrons. The summed E-state index contributed by atoms with van der Waals surface area (Å²) in [6.07, 6.45) is 12.2. The Kier molecular flexibility index (Phi) is 6.45. The third-order valence-electron chi connectivity index (χ3n) is 5.53. The number of aromatic nitrogens is 1. The monoisotopic (exact) mass is 363 g/mol. The Labute approximate surface area is 154 Å². The Balaban J connectivity index is 1.37. The fourth-order valence-corrected chi connectivity index (χ4v) is 4.76. The van der Waals surface area contributed by atoms with Crippen molar-refractivity contribution in [1.82, 2.24) is 10.3 Å². The van der Waals surface area contributed by atoms with E-state index >= 15 is 0 Å². The summed E-state index contributed by atoms with van der Waals surface area (Å²) >= 11 is 1.51. The summed E-state index contributed by atoms with van der Waals surface area (Å²) in [7, 11) is 0. The van der Waals surface area contributed by atoms with E-state index in [-0.39, 0.29) is 23.8 Å². The van der Waals surface area contributed by atoms with Gasteiger partial charge in [-0.2, -0.15) is 0 Å². The fraction of sp³-hybridized carbons (Fsp3) is 0.737. The van der Waals surface area contributed by atoms with Crippen LogP contribution in [-0.4, -0.2) is 22.8 Å². The molecule has 2 saturated carbocycles. The standard InChI is InChI=1S/C19H29N3O2S/c1-13-20-12-18(25-13)22-19(24)15-7-9-16(10-8-15)21-17(23)11-14-5-3-2-4-6-14/h12,14-16H,2-11H2,1H3,(H,21,23)(H,22,24). The Morgan fingerprint density at radius 2 is 1.84 bits per heavy atom. The zero-order valence-corrected chi connectivity index (χ0v) is 15.9. The summed E-state index contributed by atoms with van der Waals surface area (Å²) in [5.41, 5.74) is 0. The molecule has 0 bridgehead atoms. The SMILES string of the molecule is Cc1ncc(NC(=O)C2CCC(NC(=O)CC3CCCCC3)CC2)s1. The van der Waals surface area contributed by atoms with Gasteiger partial charge in [-0.15, -0.1) is 11.3 Å². The van der Waals surface area contributed by atoms with Crippen molar-refractivity contribution in [2.45, 2.75) is 77.2 Å². The van der Waals surface area contributed by atoms with E-state index in [0.717, 1.165) is 35.7 Å². The van der Waals surface area contributed by atoms with Gasteiger partial charge in [0.05, 0.1) is 11.2 Å². The number of carbonyl (C=O) groups excluding carboxylic acids is 2. The molecule has 1 aromatic heterocycles. The molecular formula is C19H29N3O2S. The number of amides is 2. The van der Waals surface area contributed by atoms with Gasteiger partial charge in [0.2, 0.25) is 11.8 Å². The maximum atomic E-state index is 12.3. The first-order valence-electron chi connectivity index (χ1n) is 9.63. The van der Waals surface area contributed by atoms with Gasteiger partial charge < -0.3 is 10.6 Å². The van der Waals surface area contributed by atoms with E-state index in [9.17, 15) is 9.59 Å². The number of anilines is 1. The summed E-state index contributed by atoms with van der Waals surface area (Å²) < 4.78 is 0. The maximum Gasteiger partial charge on any atom is 0.228 e. The number of thiazole rings is 1. The first-order valence-corrected chi connectivity index (χ1v) is 10.4. The van der Waals surface area contributed by atoms with Gasteiger partial charge in [0, 0.05) is 18.4 Å². The van der Waals surface area contributed by atoms with E-state index in [1.165, 1.54) is 43.4 Å². The van der Waals surface area contributed by atoms with E-state index in [1.54, 1.807) is 6.20 Å². The van der Waals surface area contributed by atoms with Gasteiger partial charge in [0.1, 0.15) is 5.00 Å². The first kappa shape index (κ1) is 18.4. The van der Waals surface area contributed by atoms with Gasteiger partial charge in [-0.1, -0.05) is 19.3 Å². The smallest absolute Gasteiger partial charge is 0.228 e. The Hall–Kier alpha value is -1.43. The van der Waals surface area contributed by atoms with E-state index in [1.807, 2.05) is 6.92 Å². The van der Waals surface area contributed by atoms with Crippen LogP contribution in [0.3, 0.4) is 0 Å². The van der Waals surface area contributed by atoms with Gasteiger partial charge in [-0.3, -0.25) is 9.59 Å². The second kappa shape index (κ2) is 8.79. The fourth-order valence-electron chi connectivity index (χ4n) is 4.08. The van der Waals surface area contributed by atoms with Crippen molar-refractivity contribution < 1.29 is 9.59 Å². The highest BCUT2D eigenvalue weighted by molar-refractivity contribution is 7.15. The van der Waals surface area contributed by atoms with Crippen LogP contribution in [-0.2, 0) is 9.59 Å². The molecule has 0 unspecified atom stereocenters. The zero-order valence-electron chi connectivity index (χ0n) is 15.1. The average Bonchev–Trinajstić information content (AvgIpc) is 3.01. The van der Waals surface area contributed by atoms with Gasteiger partial charge in [-0.05, 0) is 51.4 Å². The van der Waals surface area contributed by atoms with Crippen molar-refractivity contribution in [2.24, 2.45) is 11.8 Å². The molecule has 0 saturated heterocycles. The van der Waals surface area contributed by atoms with Crippen LogP contribution in [0.25, 0.3) is 0 Å². The second-order valence-electron chi connectivity index (χ2n) is 7.56. The van der Waals surface area contributed by atoms with Crippen LogP contribution in [0.2, 0.25) is 0 Å². The summed E-state index contributed by atoms with van der Waals surface area (Å²) in [6, 6.07) is 0.241. The molecular weight excluding hydrogens is 334 g/mol. The number of hydrogen-bond donors (Lipinski definition) is 2. The summed E-state index contributed by atoms with van der Waals surface area (Å²) in [5.74, 6) is 0.934. The van der Waals surface area contributed by atoms with E-state index in [4.69, 9.17) is 0 Å². The van der Waals surface area contributed by atoms with Crippen LogP contribution in [0.4, 0.5) is 5.00 Å². The normalized spacial score (nSPS) is 24.7. The van der Waals surface area contributed by atoms with Crippen molar-refractivity contribution in [2.75, 3.05) is 5.32 Å². The summed E-state index contributed by atoms with van der Waals surface area (Å²) in [6.45, 7) is 1.93. The number of aryl methyl sites for hydroxylation is 1. The molecule has 0 aliphatic heterocycles. The van der Waals surface area contributed by atoms with Crippen molar-refractivity contribution in [3.05, 3.63) is 11.2 Å². The van der Waals surface area contributed by atoms with Gasteiger partial charge in [-0.25, -0.2) is 4.98 Å². The van der Waals surface area contributed by atoms with Crippen LogP contribution < -0.4 is 10.6 Å². The maximum absolute atomic E-state index is 12.3. The molecule has 0 atom stereocenters. The minimum atomic E-state index is 0.0499. The molecule has 0 spiro atoms. The third-order valence-corrected chi connectivity index (χ3v) is 6.36. The molecule has 2 aliphatic rings. The number of nitrogens with zero attached hydrogens (tertiary/aromatic N) is 1. The molecule has 2 amide bonds. The lowest BCUT2D eigenvalue weighted by atomic mass is 9.84. The Morgan fingerprint density at radius 3 is 2.48 bits per heavy atom. The largest absolute Gasteiger partial charge is 0.353 e. The molecule has 1 aromatic rings. The quantitative estimate of drug-likeness (QED) is 0.829. The minimum Gasteiger partial charge on any atom is -0.353 e. The van der Waals surface area contributed by atoms with Gasteiger partial charge in [0.15, 0.2) is 0 Å². The second-order valence-corrected chi connectivity index (χ2v) is 8.79. The molecule has 6 heteroatoms. The molecule has 5 nitrogen and oxygen atoms in total. The average molecular weight is 364 g/mol. The predicted molar refractivity (Wildman–Crippen MR) is 101 cm³/mol. The lowest BCUT2D eigenvalue weighted by Crippen LogP contribution is -2.40. The van der Waals surface area contributed by atoms with E-state index in [2.05, 4.69) is 15.6 Å². The molecule has 2 aliphatic carbocycles.